The molecule has 1 unspecified atom stereocenters. The number of carbonyl (C=O) groups excluding carboxylic acids is 1. The average molecular weight is 344 g/mol. The van der Waals surface area contributed by atoms with Crippen molar-refractivity contribution in [2.45, 2.75) is 31.3 Å². The lowest BCUT2D eigenvalue weighted by atomic mass is 10.0. The van der Waals surface area contributed by atoms with E-state index >= 15 is 0 Å². The first-order chi connectivity index (χ1) is 11.6. The third-order valence-corrected chi connectivity index (χ3v) is 5.95. The number of β-amino-alcohol motifs (C(OH)–C–C–N with tert-alkyl or cyclic N) is 1. The molecule has 2 aliphatic rings. The summed E-state index contributed by atoms with van der Waals surface area (Å²) in [6.07, 6.45) is 7.33. The maximum Gasteiger partial charge on any atom is 0.261 e. The molecule has 0 saturated carbocycles. The Balaban J connectivity index is 1.36. The highest BCUT2D eigenvalue weighted by atomic mass is 32.1. The number of carbonyl (C=O) groups is 1. The van der Waals surface area contributed by atoms with Gasteiger partial charge in [0.1, 0.15) is 5.60 Å². The van der Waals surface area contributed by atoms with Crippen LogP contribution in [0.5, 0.6) is 0 Å². The van der Waals surface area contributed by atoms with Crippen molar-refractivity contribution < 1.29 is 9.90 Å². The van der Waals surface area contributed by atoms with E-state index in [2.05, 4.69) is 15.3 Å². The second-order valence-electron chi connectivity index (χ2n) is 6.54. The van der Waals surface area contributed by atoms with E-state index in [1.54, 1.807) is 29.8 Å². The Morgan fingerprint density at radius 3 is 3.00 bits per heavy atom. The largest absolute Gasteiger partial charge is 0.386 e. The van der Waals surface area contributed by atoms with Crippen molar-refractivity contribution >= 4 is 23.2 Å². The predicted octanol–water partition coefficient (Wildman–Crippen LogP) is 1.40. The number of fused-ring (bicyclic) bond motifs is 1. The van der Waals surface area contributed by atoms with Gasteiger partial charge in [0.05, 0.1) is 11.4 Å². The number of aryl methyl sites for hydroxylation is 2. The van der Waals surface area contributed by atoms with Crippen molar-refractivity contribution in [3.05, 3.63) is 39.8 Å². The van der Waals surface area contributed by atoms with Gasteiger partial charge in [0.15, 0.2) is 0 Å². The molecule has 0 aromatic carbocycles. The average Bonchev–Trinajstić information content (AvgIpc) is 3.28. The van der Waals surface area contributed by atoms with Crippen molar-refractivity contribution in [1.29, 1.82) is 0 Å². The molecule has 1 saturated heterocycles. The van der Waals surface area contributed by atoms with Crippen LogP contribution in [0.25, 0.3) is 0 Å². The lowest BCUT2D eigenvalue weighted by Gasteiger charge is -2.23. The third-order valence-electron chi connectivity index (χ3n) is 4.72. The summed E-state index contributed by atoms with van der Waals surface area (Å²) >= 11 is 1.58. The molecule has 1 fully saturated rings. The summed E-state index contributed by atoms with van der Waals surface area (Å²) in [4.78, 5) is 24.8. The summed E-state index contributed by atoms with van der Waals surface area (Å²) in [6.45, 7) is 1.36. The molecule has 4 rings (SSSR count). The van der Waals surface area contributed by atoms with Gasteiger partial charge in [0.2, 0.25) is 5.95 Å². The minimum Gasteiger partial charge on any atom is -0.386 e. The molecule has 1 aliphatic heterocycles. The molecule has 0 radical (unpaired) electrons. The van der Waals surface area contributed by atoms with Gasteiger partial charge in [-0.3, -0.25) is 4.79 Å². The van der Waals surface area contributed by atoms with Crippen molar-refractivity contribution in [2.24, 2.45) is 0 Å². The zero-order valence-corrected chi connectivity index (χ0v) is 14.2. The summed E-state index contributed by atoms with van der Waals surface area (Å²) in [5.74, 6) is 0.534. The molecular weight excluding hydrogens is 324 g/mol. The van der Waals surface area contributed by atoms with Gasteiger partial charge in [0.25, 0.3) is 5.91 Å². The van der Waals surface area contributed by atoms with E-state index in [1.807, 2.05) is 11.0 Å². The molecule has 2 N–H and O–H groups in total. The first-order valence-corrected chi connectivity index (χ1v) is 9.09. The fourth-order valence-corrected chi connectivity index (χ4v) is 4.57. The zero-order chi connectivity index (χ0) is 16.6. The van der Waals surface area contributed by atoms with Crippen molar-refractivity contribution in [3.63, 3.8) is 0 Å². The van der Waals surface area contributed by atoms with Crippen LogP contribution in [0.4, 0.5) is 5.95 Å². The van der Waals surface area contributed by atoms with Crippen LogP contribution in [0, 0.1) is 0 Å². The van der Waals surface area contributed by atoms with Crippen LogP contribution in [0.15, 0.2) is 24.5 Å². The highest BCUT2D eigenvalue weighted by molar-refractivity contribution is 7.14. The van der Waals surface area contributed by atoms with Crippen LogP contribution >= 0.6 is 11.3 Å². The Hall–Kier alpha value is -1.99. The van der Waals surface area contributed by atoms with Crippen molar-refractivity contribution in [1.82, 2.24) is 15.3 Å². The van der Waals surface area contributed by atoms with Gasteiger partial charge in [0, 0.05) is 30.4 Å². The highest BCUT2D eigenvalue weighted by Crippen LogP contribution is 2.30. The molecule has 1 atom stereocenters. The van der Waals surface area contributed by atoms with Gasteiger partial charge >= 0.3 is 0 Å². The molecule has 1 aliphatic carbocycles. The van der Waals surface area contributed by atoms with Gasteiger partial charge in [-0.2, -0.15) is 0 Å². The molecule has 7 heteroatoms. The summed E-state index contributed by atoms with van der Waals surface area (Å²) in [7, 11) is 0. The molecule has 2 aromatic heterocycles. The van der Waals surface area contributed by atoms with Gasteiger partial charge in [-0.1, -0.05) is 0 Å². The monoisotopic (exact) mass is 344 g/mol. The van der Waals surface area contributed by atoms with E-state index in [0.717, 1.165) is 17.7 Å². The molecular formula is C17H20N4O2S. The van der Waals surface area contributed by atoms with E-state index in [4.69, 9.17) is 0 Å². The standard InChI is InChI=1S/C17H20N4O2S/c22-15(14-9-12-3-1-4-13(12)24-14)20-10-17(23)5-8-21(11-17)16-18-6-2-7-19-16/h2,6-7,9,23H,1,3-5,8,10-11H2,(H,20,22). The number of aromatic nitrogens is 2. The summed E-state index contributed by atoms with van der Waals surface area (Å²) in [5, 5.41) is 13.6. The van der Waals surface area contributed by atoms with E-state index in [9.17, 15) is 9.90 Å². The van der Waals surface area contributed by atoms with E-state index in [0.29, 0.717) is 25.5 Å². The van der Waals surface area contributed by atoms with Gasteiger partial charge < -0.3 is 15.3 Å². The Morgan fingerprint density at radius 2 is 2.21 bits per heavy atom. The second kappa shape index (κ2) is 6.14. The van der Waals surface area contributed by atoms with E-state index in [1.165, 1.54) is 16.9 Å². The SMILES string of the molecule is O=C(NCC1(O)CCN(c2ncccn2)C1)c1cc2c(s1)CCC2. The first-order valence-electron chi connectivity index (χ1n) is 8.27. The smallest absolute Gasteiger partial charge is 0.261 e. The maximum atomic E-state index is 12.4. The number of hydrogen-bond acceptors (Lipinski definition) is 6. The van der Waals surface area contributed by atoms with E-state index < -0.39 is 5.60 Å². The molecule has 126 valence electrons. The third kappa shape index (κ3) is 3.01. The first kappa shape index (κ1) is 15.5. The van der Waals surface area contributed by atoms with Crippen LogP contribution in [-0.2, 0) is 12.8 Å². The molecule has 0 bridgehead atoms. The summed E-state index contributed by atoms with van der Waals surface area (Å²) in [6, 6.07) is 3.77. The maximum absolute atomic E-state index is 12.4. The molecule has 3 heterocycles. The lowest BCUT2D eigenvalue weighted by Crippen LogP contribution is -2.45. The highest BCUT2D eigenvalue weighted by Gasteiger charge is 2.37. The van der Waals surface area contributed by atoms with Crippen LogP contribution in [0.3, 0.4) is 0 Å². The van der Waals surface area contributed by atoms with Crippen LogP contribution in [0.2, 0.25) is 0 Å². The van der Waals surface area contributed by atoms with Gasteiger partial charge in [-0.05, 0) is 43.4 Å². The van der Waals surface area contributed by atoms with Gasteiger partial charge in [-0.25, -0.2) is 9.97 Å². The van der Waals surface area contributed by atoms with Crippen LogP contribution in [-0.4, -0.2) is 46.2 Å². The van der Waals surface area contributed by atoms with Crippen LogP contribution in [0.1, 0.15) is 33.0 Å². The molecule has 6 nitrogen and oxygen atoms in total. The second-order valence-corrected chi connectivity index (χ2v) is 7.68. The Labute approximate surface area is 144 Å². The number of aliphatic hydroxyl groups is 1. The molecule has 1 amide bonds. The summed E-state index contributed by atoms with van der Waals surface area (Å²) < 4.78 is 0. The Bertz CT molecular complexity index is 727. The lowest BCUT2D eigenvalue weighted by molar-refractivity contribution is 0.0576. The van der Waals surface area contributed by atoms with Crippen molar-refractivity contribution in [3.8, 4) is 0 Å². The number of amides is 1. The quantitative estimate of drug-likeness (QED) is 0.876. The summed E-state index contributed by atoms with van der Waals surface area (Å²) in [5.41, 5.74) is 0.381. The fraction of sp³-hybridized carbons (Fsp3) is 0.471. The topological polar surface area (TPSA) is 78.4 Å². The minimum atomic E-state index is -0.936. The number of anilines is 1. The number of hydrogen-bond donors (Lipinski definition) is 2. The predicted molar refractivity (Wildman–Crippen MR) is 92.5 cm³/mol. The van der Waals surface area contributed by atoms with E-state index in [-0.39, 0.29) is 12.5 Å². The molecule has 24 heavy (non-hydrogen) atoms. The zero-order valence-electron chi connectivity index (χ0n) is 13.4. The Kier molecular flexibility index (Phi) is 3.97. The Morgan fingerprint density at radius 1 is 1.38 bits per heavy atom. The normalized spacial score (nSPS) is 22.6. The van der Waals surface area contributed by atoms with Crippen molar-refractivity contribution in [2.75, 3.05) is 24.5 Å². The number of nitrogens with one attached hydrogen (secondary N) is 1. The number of nitrogens with zero attached hydrogens (tertiary/aromatic N) is 3. The number of thiophene rings is 1. The van der Waals surface area contributed by atoms with Gasteiger partial charge in [-0.15, -0.1) is 11.3 Å². The fourth-order valence-electron chi connectivity index (χ4n) is 3.40. The molecule has 0 spiro atoms. The van der Waals surface area contributed by atoms with Crippen LogP contribution < -0.4 is 10.2 Å². The molecule has 2 aromatic rings. The number of rotatable bonds is 4. The minimum absolute atomic E-state index is 0.0859.